The van der Waals surface area contributed by atoms with Crippen molar-refractivity contribution in [3.63, 3.8) is 0 Å². The third kappa shape index (κ3) is 7.98. The van der Waals surface area contributed by atoms with Gasteiger partial charge in [0.1, 0.15) is 19.2 Å². The van der Waals surface area contributed by atoms with E-state index >= 15 is 0 Å². The molecule has 0 radical (unpaired) electrons. The maximum absolute atomic E-state index is 12.6. The van der Waals surface area contributed by atoms with Gasteiger partial charge < -0.3 is 25.6 Å². The highest BCUT2D eigenvalue weighted by Crippen LogP contribution is 2.21. The Morgan fingerprint density at radius 1 is 1.12 bits per heavy atom. The average Bonchev–Trinajstić information content (AvgIpc) is 3.14. The van der Waals surface area contributed by atoms with E-state index in [9.17, 15) is 28.4 Å². The molecule has 0 aliphatic carbocycles. The number of anilines is 1. The molecule has 10 nitrogen and oxygen atoms in total. The molecule has 0 aromatic heterocycles. The van der Waals surface area contributed by atoms with Crippen LogP contribution in [0.15, 0.2) is 36.0 Å². The lowest BCUT2D eigenvalue weighted by atomic mass is 10.0. The molecule has 3 N–H and O–H groups in total. The zero-order valence-electron chi connectivity index (χ0n) is 19.4. The number of rotatable bonds is 10. The van der Waals surface area contributed by atoms with Crippen molar-refractivity contribution >= 4 is 35.5 Å². The quantitative estimate of drug-likeness (QED) is 0.443. The van der Waals surface area contributed by atoms with E-state index in [1.807, 2.05) is 0 Å². The summed E-state index contributed by atoms with van der Waals surface area (Å²) in [7, 11) is 0. The molecule has 1 heterocycles. The number of hydrogen-bond acceptors (Lipinski definition) is 6. The van der Waals surface area contributed by atoms with Gasteiger partial charge in [0.25, 0.3) is 0 Å². The topological polar surface area (TPSA) is 134 Å². The molecule has 1 saturated heterocycles. The van der Waals surface area contributed by atoms with E-state index in [2.05, 4.69) is 20.7 Å². The maximum atomic E-state index is 12.6. The molecule has 1 unspecified atom stereocenters. The van der Waals surface area contributed by atoms with Gasteiger partial charge in [-0.2, -0.15) is 0 Å². The first-order chi connectivity index (χ1) is 16.1. The fourth-order valence-electron chi connectivity index (χ4n) is 3.36. The second kappa shape index (κ2) is 12.5. The van der Waals surface area contributed by atoms with Gasteiger partial charge in [0.05, 0.1) is 6.54 Å². The molecule has 0 saturated carbocycles. The van der Waals surface area contributed by atoms with E-state index in [1.165, 1.54) is 17.0 Å². The van der Waals surface area contributed by atoms with Crippen LogP contribution in [0.4, 0.5) is 14.9 Å². The number of hydrogen-bond donors (Lipinski definition) is 3. The molecular weight excluding hydrogens is 447 g/mol. The van der Waals surface area contributed by atoms with E-state index in [1.54, 1.807) is 39.0 Å². The molecule has 2 rings (SSSR count). The van der Waals surface area contributed by atoms with Crippen LogP contribution in [0.1, 0.15) is 39.2 Å². The van der Waals surface area contributed by atoms with E-state index in [4.69, 9.17) is 0 Å². The van der Waals surface area contributed by atoms with Crippen LogP contribution < -0.4 is 16.0 Å². The standard InChI is InChI=1S/C23H29FN4O6/c1-4-17-9-10-20(31)28(17)12-19(30)27-21(14(2)3)22(32)25-11-18(29)26-16-7-5-15(6-8-16)13-34-23(24)33/h4-8,14,21H,9-13H2,1-3H3,(H,25,32)(H,26,29)(H,27,30)/b17-4-. The van der Waals surface area contributed by atoms with Crippen molar-refractivity contribution in [2.45, 2.75) is 46.3 Å². The first kappa shape index (κ1) is 26.5. The van der Waals surface area contributed by atoms with Gasteiger partial charge >= 0.3 is 6.22 Å². The zero-order valence-corrected chi connectivity index (χ0v) is 19.4. The molecule has 0 spiro atoms. The summed E-state index contributed by atoms with van der Waals surface area (Å²) in [5, 5.41) is 7.73. The molecule has 1 aromatic carbocycles. The van der Waals surface area contributed by atoms with Crippen molar-refractivity contribution in [3.05, 3.63) is 41.6 Å². The van der Waals surface area contributed by atoms with Gasteiger partial charge in [0.15, 0.2) is 0 Å². The fourth-order valence-corrected chi connectivity index (χ4v) is 3.36. The number of amides is 4. The molecule has 11 heteroatoms. The van der Waals surface area contributed by atoms with E-state index in [0.717, 1.165) is 5.70 Å². The molecule has 1 aliphatic rings. The molecular formula is C23H29FN4O6. The summed E-state index contributed by atoms with van der Waals surface area (Å²) in [5.74, 6) is -1.88. The summed E-state index contributed by atoms with van der Waals surface area (Å²) >= 11 is 0. The van der Waals surface area contributed by atoms with Crippen LogP contribution in [0, 0.1) is 5.92 Å². The third-order valence-corrected chi connectivity index (χ3v) is 5.16. The van der Waals surface area contributed by atoms with Gasteiger partial charge in [0, 0.05) is 17.8 Å². The minimum absolute atomic E-state index is 0.137. The van der Waals surface area contributed by atoms with Crippen molar-refractivity contribution in [1.82, 2.24) is 15.5 Å². The monoisotopic (exact) mass is 476 g/mol. The number of carbonyl (C=O) groups is 5. The van der Waals surface area contributed by atoms with Crippen LogP contribution in [0.5, 0.6) is 0 Å². The lowest BCUT2D eigenvalue weighted by Gasteiger charge is -2.24. The first-order valence-electron chi connectivity index (χ1n) is 10.8. The Bertz CT molecular complexity index is 961. The molecule has 1 aromatic rings. The molecule has 34 heavy (non-hydrogen) atoms. The van der Waals surface area contributed by atoms with E-state index in [0.29, 0.717) is 24.1 Å². The SMILES string of the molecule is C/C=C1/CCC(=O)N1CC(=O)NC(C(=O)NCC(=O)Nc1ccc(COC(=O)F)cc1)C(C)C. The summed E-state index contributed by atoms with van der Waals surface area (Å²) in [6.07, 6.45) is 0.843. The maximum Gasteiger partial charge on any atom is 0.495 e. The Labute approximate surface area is 196 Å². The molecule has 1 atom stereocenters. The summed E-state index contributed by atoms with van der Waals surface area (Å²) in [6, 6.07) is 5.29. The Balaban J connectivity index is 1.84. The van der Waals surface area contributed by atoms with Crippen LogP contribution >= 0.6 is 0 Å². The molecule has 0 bridgehead atoms. The van der Waals surface area contributed by atoms with Crippen LogP contribution in [0.2, 0.25) is 0 Å². The van der Waals surface area contributed by atoms with Gasteiger partial charge in [0.2, 0.25) is 23.6 Å². The Hall–Kier alpha value is -3.76. The number of nitrogens with one attached hydrogen (secondary N) is 3. The van der Waals surface area contributed by atoms with Gasteiger partial charge in [-0.3, -0.25) is 19.2 Å². The van der Waals surface area contributed by atoms with Gasteiger partial charge in [-0.15, -0.1) is 4.39 Å². The Morgan fingerprint density at radius 3 is 2.38 bits per heavy atom. The second-order valence-electron chi connectivity index (χ2n) is 8.04. The highest BCUT2D eigenvalue weighted by Gasteiger charge is 2.29. The number of carbonyl (C=O) groups excluding carboxylic acids is 5. The molecule has 4 amide bonds. The zero-order chi connectivity index (χ0) is 25.3. The predicted octanol–water partition coefficient (Wildman–Crippen LogP) is 2.01. The highest BCUT2D eigenvalue weighted by molar-refractivity contribution is 5.96. The van der Waals surface area contributed by atoms with E-state index < -0.39 is 30.0 Å². The minimum Gasteiger partial charge on any atom is -0.435 e. The summed E-state index contributed by atoms with van der Waals surface area (Å²) in [5.41, 5.74) is 1.74. The highest BCUT2D eigenvalue weighted by atomic mass is 19.1. The van der Waals surface area contributed by atoms with Crippen molar-refractivity contribution < 1.29 is 33.1 Å². The smallest absolute Gasteiger partial charge is 0.435 e. The summed E-state index contributed by atoms with van der Waals surface area (Å²) < 4.78 is 16.4. The van der Waals surface area contributed by atoms with Crippen LogP contribution in [0.25, 0.3) is 0 Å². The largest absolute Gasteiger partial charge is 0.495 e. The van der Waals surface area contributed by atoms with Crippen molar-refractivity contribution in [2.75, 3.05) is 18.4 Å². The number of ether oxygens (including phenoxy) is 1. The Morgan fingerprint density at radius 2 is 1.79 bits per heavy atom. The second-order valence-corrected chi connectivity index (χ2v) is 8.04. The fraction of sp³-hybridized carbons (Fsp3) is 0.435. The number of halogens is 1. The van der Waals surface area contributed by atoms with Crippen molar-refractivity contribution in [1.29, 1.82) is 0 Å². The first-order valence-corrected chi connectivity index (χ1v) is 10.8. The number of likely N-dealkylation sites (tertiary alicyclic amines) is 1. The van der Waals surface area contributed by atoms with E-state index in [-0.39, 0.29) is 31.5 Å². The molecule has 184 valence electrons. The average molecular weight is 477 g/mol. The van der Waals surface area contributed by atoms with Gasteiger partial charge in [-0.1, -0.05) is 32.1 Å². The molecule has 1 fully saturated rings. The minimum atomic E-state index is -1.88. The van der Waals surface area contributed by atoms with Crippen LogP contribution in [-0.4, -0.2) is 53.9 Å². The predicted molar refractivity (Wildman–Crippen MR) is 121 cm³/mol. The Kier molecular flexibility index (Phi) is 9.72. The normalized spacial score (nSPS) is 15.3. The van der Waals surface area contributed by atoms with Crippen molar-refractivity contribution in [3.8, 4) is 0 Å². The summed E-state index contributed by atoms with van der Waals surface area (Å²) in [4.78, 5) is 60.9. The molecule has 1 aliphatic heterocycles. The number of nitrogens with zero attached hydrogens (tertiary/aromatic N) is 1. The van der Waals surface area contributed by atoms with Crippen LogP contribution in [0.3, 0.4) is 0 Å². The lowest BCUT2D eigenvalue weighted by molar-refractivity contribution is -0.134. The van der Waals surface area contributed by atoms with Crippen LogP contribution in [-0.2, 0) is 30.5 Å². The van der Waals surface area contributed by atoms with Gasteiger partial charge in [-0.05, 0) is 37.0 Å². The number of benzene rings is 1. The van der Waals surface area contributed by atoms with Gasteiger partial charge in [-0.25, -0.2) is 4.79 Å². The third-order valence-electron chi connectivity index (χ3n) is 5.16. The summed E-state index contributed by atoms with van der Waals surface area (Å²) in [6.45, 7) is 4.58. The lowest BCUT2D eigenvalue weighted by Crippen LogP contribution is -2.52. The number of allylic oxidation sites excluding steroid dienone is 2. The van der Waals surface area contributed by atoms with Crippen molar-refractivity contribution in [2.24, 2.45) is 5.92 Å².